The van der Waals surface area contributed by atoms with Gasteiger partial charge in [-0.05, 0) is 24.6 Å². The Morgan fingerprint density at radius 1 is 1.36 bits per heavy atom. The first-order chi connectivity index (χ1) is 10.4. The summed E-state index contributed by atoms with van der Waals surface area (Å²) in [5.41, 5.74) is 2.02. The predicted octanol–water partition coefficient (Wildman–Crippen LogP) is 2.08. The van der Waals surface area contributed by atoms with Gasteiger partial charge < -0.3 is 10.3 Å². The van der Waals surface area contributed by atoms with Gasteiger partial charge in [0, 0.05) is 17.8 Å². The number of nitrogens with one attached hydrogen (secondary N) is 2. The molecule has 0 radical (unpaired) electrons. The largest absolute Gasteiger partial charge is 0.487 e. The molecule has 1 unspecified atom stereocenters. The molecule has 2 aromatic rings. The Morgan fingerprint density at radius 3 is 2.82 bits per heavy atom. The molecule has 8 heteroatoms. The SMILES string of the molecule is Cc1ccc(NC2COC(F)(F)O2)nc1-c1ccc(=O)[nH]c1. The number of aromatic nitrogens is 2. The molecule has 1 fully saturated rings. The highest BCUT2D eigenvalue weighted by Crippen LogP contribution is 2.28. The molecule has 0 amide bonds. The molecule has 3 rings (SSSR count). The van der Waals surface area contributed by atoms with E-state index in [1.807, 2.05) is 6.92 Å². The molecule has 1 aliphatic rings. The van der Waals surface area contributed by atoms with Crippen LogP contribution in [0.25, 0.3) is 11.3 Å². The number of anilines is 1. The molecule has 0 spiro atoms. The molecule has 0 aliphatic carbocycles. The molecule has 22 heavy (non-hydrogen) atoms. The fourth-order valence-corrected chi connectivity index (χ4v) is 2.10. The Morgan fingerprint density at radius 2 is 2.18 bits per heavy atom. The maximum absolute atomic E-state index is 12.8. The Hall–Kier alpha value is -2.32. The number of nitrogens with zero attached hydrogens (tertiary/aromatic N) is 1. The number of hydrogen-bond acceptors (Lipinski definition) is 5. The van der Waals surface area contributed by atoms with Crippen molar-refractivity contribution >= 4 is 5.82 Å². The number of alkyl halides is 2. The van der Waals surface area contributed by atoms with Crippen molar-refractivity contribution in [2.75, 3.05) is 11.9 Å². The van der Waals surface area contributed by atoms with Crippen LogP contribution in [0.5, 0.6) is 0 Å². The van der Waals surface area contributed by atoms with Gasteiger partial charge in [0.05, 0.1) is 5.69 Å². The van der Waals surface area contributed by atoms with E-state index in [1.54, 1.807) is 24.4 Å². The molecular formula is C14H13F2N3O3. The average Bonchev–Trinajstić information content (AvgIpc) is 2.81. The summed E-state index contributed by atoms with van der Waals surface area (Å²) >= 11 is 0. The van der Waals surface area contributed by atoms with Gasteiger partial charge in [0.15, 0.2) is 6.23 Å². The van der Waals surface area contributed by atoms with Crippen LogP contribution in [0.4, 0.5) is 14.6 Å². The van der Waals surface area contributed by atoms with Crippen molar-refractivity contribution in [2.45, 2.75) is 19.4 Å². The monoisotopic (exact) mass is 309 g/mol. The number of rotatable bonds is 3. The Bertz CT molecular complexity index is 728. The van der Waals surface area contributed by atoms with Crippen LogP contribution in [0.1, 0.15) is 5.56 Å². The van der Waals surface area contributed by atoms with Crippen LogP contribution < -0.4 is 10.9 Å². The van der Waals surface area contributed by atoms with E-state index in [2.05, 4.69) is 24.8 Å². The van der Waals surface area contributed by atoms with E-state index < -0.39 is 12.5 Å². The number of H-pyrrole nitrogens is 1. The smallest absolute Gasteiger partial charge is 0.343 e. The van der Waals surface area contributed by atoms with Gasteiger partial charge in [0.25, 0.3) is 0 Å². The van der Waals surface area contributed by atoms with E-state index in [1.165, 1.54) is 6.07 Å². The number of pyridine rings is 2. The lowest BCUT2D eigenvalue weighted by Crippen LogP contribution is -2.24. The summed E-state index contributed by atoms with van der Waals surface area (Å²) in [6.07, 6.45) is -3.01. The highest BCUT2D eigenvalue weighted by Gasteiger charge is 2.43. The molecule has 2 aromatic heterocycles. The summed E-state index contributed by atoms with van der Waals surface area (Å²) < 4.78 is 34.2. The van der Waals surface area contributed by atoms with E-state index >= 15 is 0 Å². The standard InChI is InChI=1S/C14H13F2N3O3/c1-8-2-4-10(18-12-7-21-14(15,16)22-12)19-13(8)9-3-5-11(20)17-6-9/h2-6,12H,7H2,1H3,(H,17,20)(H,18,19). The second kappa shape index (κ2) is 5.47. The van der Waals surface area contributed by atoms with Crippen molar-refractivity contribution in [3.05, 3.63) is 46.4 Å². The summed E-state index contributed by atoms with van der Waals surface area (Å²) in [6, 6.07) is 6.49. The summed E-state index contributed by atoms with van der Waals surface area (Å²) in [5, 5.41) is 2.73. The normalized spacial score (nSPS) is 20.0. The number of ether oxygens (including phenoxy) is 2. The zero-order valence-corrected chi connectivity index (χ0v) is 11.6. The van der Waals surface area contributed by atoms with Crippen LogP contribution in [0.2, 0.25) is 0 Å². The van der Waals surface area contributed by atoms with Gasteiger partial charge in [-0.25, -0.2) is 4.98 Å². The second-order valence-corrected chi connectivity index (χ2v) is 4.83. The molecule has 0 saturated carbocycles. The molecule has 1 saturated heterocycles. The van der Waals surface area contributed by atoms with E-state index in [-0.39, 0.29) is 12.2 Å². The number of halogens is 2. The van der Waals surface area contributed by atoms with Gasteiger partial charge in [0.1, 0.15) is 12.4 Å². The molecule has 2 N–H and O–H groups in total. The highest BCUT2D eigenvalue weighted by atomic mass is 19.3. The Balaban J connectivity index is 1.84. The van der Waals surface area contributed by atoms with Crippen molar-refractivity contribution in [1.82, 2.24) is 9.97 Å². The Labute approximate surface area is 124 Å². The van der Waals surface area contributed by atoms with E-state index in [4.69, 9.17) is 0 Å². The molecule has 116 valence electrons. The second-order valence-electron chi connectivity index (χ2n) is 4.83. The van der Waals surface area contributed by atoms with Crippen molar-refractivity contribution in [2.24, 2.45) is 0 Å². The van der Waals surface area contributed by atoms with Crippen LogP contribution in [-0.4, -0.2) is 29.1 Å². The topological polar surface area (TPSA) is 76.2 Å². The molecule has 0 bridgehead atoms. The Kier molecular flexibility index (Phi) is 3.63. The van der Waals surface area contributed by atoms with Gasteiger partial charge >= 0.3 is 6.29 Å². The lowest BCUT2D eigenvalue weighted by Gasteiger charge is -2.14. The lowest BCUT2D eigenvalue weighted by atomic mass is 10.1. The summed E-state index contributed by atoms with van der Waals surface area (Å²) in [6.45, 7) is 1.58. The van der Waals surface area contributed by atoms with Gasteiger partial charge in [-0.1, -0.05) is 6.07 Å². The van der Waals surface area contributed by atoms with Gasteiger partial charge in [0.2, 0.25) is 5.56 Å². The first kappa shape index (κ1) is 14.6. The quantitative estimate of drug-likeness (QED) is 0.908. The third kappa shape index (κ3) is 3.12. The summed E-state index contributed by atoms with van der Waals surface area (Å²) in [4.78, 5) is 18.0. The molecule has 1 atom stereocenters. The minimum absolute atomic E-state index is 0.214. The van der Waals surface area contributed by atoms with Crippen LogP contribution in [0.15, 0.2) is 35.3 Å². The molecule has 0 aromatic carbocycles. The van der Waals surface area contributed by atoms with E-state index in [9.17, 15) is 13.6 Å². The zero-order chi connectivity index (χ0) is 15.7. The molecular weight excluding hydrogens is 296 g/mol. The summed E-state index contributed by atoms with van der Waals surface area (Å²) in [7, 11) is 0. The van der Waals surface area contributed by atoms with Crippen LogP contribution in [0.3, 0.4) is 0 Å². The van der Waals surface area contributed by atoms with Crippen molar-refractivity contribution in [3.63, 3.8) is 0 Å². The molecule has 3 heterocycles. The maximum atomic E-state index is 12.8. The zero-order valence-electron chi connectivity index (χ0n) is 11.6. The number of hydrogen-bond donors (Lipinski definition) is 2. The van der Waals surface area contributed by atoms with Gasteiger partial charge in [-0.15, -0.1) is 8.78 Å². The maximum Gasteiger partial charge on any atom is 0.487 e. The molecule has 1 aliphatic heterocycles. The van der Waals surface area contributed by atoms with Gasteiger partial charge in [-0.2, -0.15) is 0 Å². The molecule has 6 nitrogen and oxygen atoms in total. The van der Waals surface area contributed by atoms with Crippen molar-refractivity contribution < 1.29 is 18.3 Å². The van der Waals surface area contributed by atoms with Crippen molar-refractivity contribution in [3.8, 4) is 11.3 Å². The third-order valence-electron chi connectivity index (χ3n) is 3.15. The summed E-state index contributed by atoms with van der Waals surface area (Å²) in [5.74, 6) is 0.373. The minimum Gasteiger partial charge on any atom is -0.343 e. The first-order valence-corrected chi connectivity index (χ1v) is 6.56. The highest BCUT2D eigenvalue weighted by molar-refractivity contribution is 5.64. The average molecular weight is 309 g/mol. The van der Waals surface area contributed by atoms with Crippen LogP contribution in [0, 0.1) is 6.92 Å². The number of aryl methyl sites for hydroxylation is 1. The van der Waals surface area contributed by atoms with Crippen molar-refractivity contribution in [1.29, 1.82) is 0 Å². The van der Waals surface area contributed by atoms with Crippen LogP contribution in [-0.2, 0) is 9.47 Å². The number of aromatic amines is 1. The van der Waals surface area contributed by atoms with E-state index in [0.717, 1.165) is 11.1 Å². The predicted molar refractivity (Wildman–Crippen MR) is 74.4 cm³/mol. The lowest BCUT2D eigenvalue weighted by molar-refractivity contribution is -0.345. The fourth-order valence-electron chi connectivity index (χ4n) is 2.10. The fraction of sp³-hybridized carbons (Fsp3) is 0.286. The van der Waals surface area contributed by atoms with E-state index in [0.29, 0.717) is 11.5 Å². The van der Waals surface area contributed by atoms with Crippen LogP contribution >= 0.6 is 0 Å². The third-order valence-corrected chi connectivity index (χ3v) is 3.15. The van der Waals surface area contributed by atoms with Gasteiger partial charge in [-0.3, -0.25) is 14.3 Å². The first-order valence-electron chi connectivity index (χ1n) is 6.56. The minimum atomic E-state index is -3.58.